The fourth-order valence-corrected chi connectivity index (χ4v) is 8.16. The van der Waals surface area contributed by atoms with E-state index in [1.165, 1.54) is 0 Å². The SMILES string of the molecule is C=CC(C)(C)CSSC(C)C(C)C(C)SSCC(C)(C)C=C. The molecule has 0 aliphatic heterocycles. The Morgan fingerprint density at radius 3 is 1.36 bits per heavy atom. The predicted molar refractivity (Wildman–Crippen MR) is 116 cm³/mol. The quantitative estimate of drug-likeness (QED) is 0.253. The zero-order valence-corrected chi connectivity index (χ0v) is 18.6. The predicted octanol–water partition coefficient (Wildman–Crippen LogP) is 7.59. The first-order valence-corrected chi connectivity index (χ1v) is 12.6. The van der Waals surface area contributed by atoms with Crippen LogP contribution in [0.15, 0.2) is 25.3 Å². The van der Waals surface area contributed by atoms with E-state index in [0.29, 0.717) is 16.4 Å². The number of hydrogen-bond acceptors (Lipinski definition) is 4. The second kappa shape index (κ2) is 10.7. The van der Waals surface area contributed by atoms with Crippen LogP contribution in [-0.4, -0.2) is 22.0 Å². The third kappa shape index (κ3) is 9.89. The van der Waals surface area contributed by atoms with Gasteiger partial charge in [0, 0.05) is 22.0 Å². The van der Waals surface area contributed by atoms with E-state index < -0.39 is 0 Å². The van der Waals surface area contributed by atoms with Gasteiger partial charge in [0.15, 0.2) is 0 Å². The van der Waals surface area contributed by atoms with Crippen LogP contribution in [0.1, 0.15) is 48.5 Å². The zero-order chi connectivity index (χ0) is 17.4. The van der Waals surface area contributed by atoms with E-state index in [1.807, 2.05) is 43.2 Å². The maximum atomic E-state index is 3.92. The maximum absolute atomic E-state index is 3.92. The summed E-state index contributed by atoms with van der Waals surface area (Å²) in [6, 6.07) is 0. The summed E-state index contributed by atoms with van der Waals surface area (Å²) in [7, 11) is 8.03. The summed E-state index contributed by atoms with van der Waals surface area (Å²) in [4.78, 5) is 0. The smallest absolute Gasteiger partial charge is 0.0159 e. The van der Waals surface area contributed by atoms with Crippen LogP contribution in [0.3, 0.4) is 0 Å². The monoisotopic (exact) mass is 378 g/mol. The van der Waals surface area contributed by atoms with Crippen molar-refractivity contribution < 1.29 is 0 Å². The molecule has 4 heteroatoms. The lowest BCUT2D eigenvalue weighted by Gasteiger charge is -2.27. The molecule has 0 saturated heterocycles. The van der Waals surface area contributed by atoms with E-state index in [-0.39, 0.29) is 10.8 Å². The van der Waals surface area contributed by atoms with Crippen LogP contribution >= 0.6 is 43.2 Å². The lowest BCUT2D eigenvalue weighted by Crippen LogP contribution is -2.20. The van der Waals surface area contributed by atoms with Crippen LogP contribution < -0.4 is 0 Å². The maximum Gasteiger partial charge on any atom is 0.0159 e. The first-order valence-electron chi connectivity index (χ1n) is 7.88. The third-order valence-corrected chi connectivity index (χ3v) is 10.7. The highest BCUT2D eigenvalue weighted by Crippen LogP contribution is 2.42. The number of rotatable bonds is 12. The van der Waals surface area contributed by atoms with Crippen molar-refractivity contribution in [2.75, 3.05) is 11.5 Å². The van der Waals surface area contributed by atoms with Crippen LogP contribution in [-0.2, 0) is 0 Å². The van der Waals surface area contributed by atoms with Gasteiger partial charge >= 0.3 is 0 Å². The number of hydrogen-bond donors (Lipinski definition) is 0. The van der Waals surface area contributed by atoms with Gasteiger partial charge in [-0.3, -0.25) is 0 Å². The summed E-state index contributed by atoms with van der Waals surface area (Å²) >= 11 is 0. The molecule has 0 aromatic carbocycles. The second-order valence-electron chi connectivity index (χ2n) is 7.37. The molecule has 0 spiro atoms. The van der Waals surface area contributed by atoms with Crippen LogP contribution in [0.4, 0.5) is 0 Å². The molecule has 2 atom stereocenters. The molecule has 22 heavy (non-hydrogen) atoms. The largest absolute Gasteiger partial charge is 0.103 e. The molecule has 130 valence electrons. The summed E-state index contributed by atoms with van der Waals surface area (Å²) < 4.78 is 0. The normalized spacial score (nSPS) is 16.9. The van der Waals surface area contributed by atoms with Gasteiger partial charge < -0.3 is 0 Å². The molecule has 0 bridgehead atoms. The molecule has 0 aliphatic rings. The Morgan fingerprint density at radius 1 is 0.773 bits per heavy atom. The molecule has 0 rings (SSSR count). The number of allylic oxidation sites excluding steroid dienone is 2. The van der Waals surface area contributed by atoms with Crippen LogP contribution in [0, 0.1) is 16.7 Å². The van der Waals surface area contributed by atoms with E-state index in [4.69, 9.17) is 0 Å². The molecule has 0 fully saturated rings. The van der Waals surface area contributed by atoms with Gasteiger partial charge in [-0.15, -0.1) is 13.2 Å². The van der Waals surface area contributed by atoms with Crippen molar-refractivity contribution in [2.45, 2.75) is 59.0 Å². The van der Waals surface area contributed by atoms with Gasteiger partial charge in [-0.25, -0.2) is 0 Å². The highest BCUT2D eigenvalue weighted by atomic mass is 33.1. The molecule has 0 N–H and O–H groups in total. The van der Waals surface area contributed by atoms with Gasteiger partial charge in [-0.1, -0.05) is 104 Å². The van der Waals surface area contributed by atoms with Crippen molar-refractivity contribution in [1.29, 1.82) is 0 Å². The lowest BCUT2D eigenvalue weighted by atomic mass is 9.97. The first kappa shape index (κ1) is 22.9. The molecule has 0 heterocycles. The van der Waals surface area contributed by atoms with Crippen molar-refractivity contribution in [3.05, 3.63) is 25.3 Å². The van der Waals surface area contributed by atoms with Crippen molar-refractivity contribution in [1.82, 2.24) is 0 Å². The van der Waals surface area contributed by atoms with Gasteiger partial charge in [0.1, 0.15) is 0 Å². The average Bonchev–Trinajstić information content (AvgIpc) is 2.45. The standard InChI is InChI=1S/C18H34S4/c1-10-17(6,7)12-19-21-15(4)14(3)16(5)22-20-13-18(8,9)11-2/h10-11,14-16H,1-2,12-13H2,3-9H3. The molecule has 0 radical (unpaired) electrons. The molecule has 0 aliphatic carbocycles. The summed E-state index contributed by atoms with van der Waals surface area (Å²) in [5.41, 5.74) is 0.459. The molecule has 0 saturated carbocycles. The summed E-state index contributed by atoms with van der Waals surface area (Å²) in [6.07, 6.45) is 4.12. The fourth-order valence-electron chi connectivity index (χ4n) is 1.26. The third-order valence-electron chi connectivity index (χ3n) is 3.89. The Balaban J connectivity index is 4.08. The molecule has 0 amide bonds. The Bertz CT molecular complexity index is 304. The lowest BCUT2D eigenvalue weighted by molar-refractivity contribution is 0.558. The van der Waals surface area contributed by atoms with Crippen LogP contribution in [0.25, 0.3) is 0 Å². The molecular formula is C18H34S4. The zero-order valence-electron chi connectivity index (χ0n) is 15.3. The molecule has 2 unspecified atom stereocenters. The molecule has 0 aromatic heterocycles. The van der Waals surface area contributed by atoms with Crippen molar-refractivity contribution >= 4 is 43.2 Å². The highest BCUT2D eigenvalue weighted by molar-refractivity contribution is 8.77. The van der Waals surface area contributed by atoms with E-state index >= 15 is 0 Å². The average molecular weight is 379 g/mol. The van der Waals surface area contributed by atoms with Crippen LogP contribution in [0.2, 0.25) is 0 Å². The second-order valence-corrected chi connectivity index (χ2v) is 12.9. The Hall–Kier alpha value is 0.880. The molecular weight excluding hydrogens is 344 g/mol. The Labute approximate surface area is 155 Å². The van der Waals surface area contributed by atoms with Crippen molar-refractivity contribution in [3.63, 3.8) is 0 Å². The van der Waals surface area contributed by atoms with Gasteiger partial charge in [0.25, 0.3) is 0 Å². The van der Waals surface area contributed by atoms with E-state index in [1.54, 1.807) is 0 Å². The molecule has 0 nitrogen and oxygen atoms in total. The highest BCUT2D eigenvalue weighted by Gasteiger charge is 2.23. The summed E-state index contributed by atoms with van der Waals surface area (Å²) in [6.45, 7) is 23.9. The first-order chi connectivity index (χ1) is 10.0. The minimum Gasteiger partial charge on any atom is -0.103 e. The molecule has 0 aromatic rings. The van der Waals surface area contributed by atoms with E-state index in [0.717, 1.165) is 11.5 Å². The van der Waals surface area contributed by atoms with Crippen molar-refractivity contribution in [2.24, 2.45) is 16.7 Å². The van der Waals surface area contributed by atoms with Gasteiger partial charge in [-0.05, 0) is 16.7 Å². The van der Waals surface area contributed by atoms with Crippen molar-refractivity contribution in [3.8, 4) is 0 Å². The minimum atomic E-state index is 0.229. The Kier molecular flexibility index (Phi) is 11.1. The summed E-state index contributed by atoms with van der Waals surface area (Å²) in [5, 5.41) is 1.34. The van der Waals surface area contributed by atoms with E-state index in [9.17, 15) is 0 Å². The van der Waals surface area contributed by atoms with Gasteiger partial charge in [-0.2, -0.15) is 0 Å². The van der Waals surface area contributed by atoms with E-state index in [2.05, 4.69) is 73.8 Å². The minimum absolute atomic E-state index is 0.229. The topological polar surface area (TPSA) is 0 Å². The van der Waals surface area contributed by atoms with Gasteiger partial charge in [0.2, 0.25) is 0 Å². The summed E-state index contributed by atoms with van der Waals surface area (Å²) in [5.74, 6) is 2.96. The van der Waals surface area contributed by atoms with Crippen LogP contribution in [0.5, 0.6) is 0 Å². The van der Waals surface area contributed by atoms with Gasteiger partial charge in [0.05, 0.1) is 0 Å². The fraction of sp³-hybridized carbons (Fsp3) is 0.778. The Morgan fingerprint density at radius 2 is 1.09 bits per heavy atom.